The number of hydrogen-bond acceptors (Lipinski definition) is 2. The highest BCUT2D eigenvalue weighted by molar-refractivity contribution is 6.31. The van der Waals surface area contributed by atoms with Crippen LogP contribution >= 0.6 is 11.6 Å². The number of aliphatic hydroxyl groups excluding tert-OH is 1. The Hall–Kier alpha value is -0.730. The van der Waals surface area contributed by atoms with Gasteiger partial charge in [-0.05, 0) is 18.6 Å². The van der Waals surface area contributed by atoms with Crippen LogP contribution in [-0.4, -0.2) is 12.2 Å². The molecule has 66 valence electrons. The maximum atomic E-state index is 8.99. The third-order valence-electron chi connectivity index (χ3n) is 1.76. The van der Waals surface area contributed by atoms with Crippen LogP contribution < -0.4 is 4.74 Å². The van der Waals surface area contributed by atoms with Crippen LogP contribution in [-0.2, 0) is 6.61 Å². The monoisotopic (exact) mass is 186 g/mol. The lowest BCUT2D eigenvalue weighted by atomic mass is 10.1. The highest BCUT2D eigenvalue weighted by Gasteiger charge is 2.08. The van der Waals surface area contributed by atoms with Crippen LogP contribution in [0.15, 0.2) is 12.1 Å². The molecule has 1 aromatic carbocycles. The molecule has 0 amide bonds. The third kappa shape index (κ3) is 1.54. The lowest BCUT2D eigenvalue weighted by molar-refractivity contribution is 0.273. The van der Waals surface area contributed by atoms with E-state index in [2.05, 4.69) is 0 Å². The van der Waals surface area contributed by atoms with Crippen molar-refractivity contribution in [3.05, 3.63) is 28.3 Å². The molecule has 0 aromatic heterocycles. The van der Waals surface area contributed by atoms with Crippen molar-refractivity contribution >= 4 is 11.6 Å². The molecular weight excluding hydrogens is 176 g/mol. The van der Waals surface area contributed by atoms with Crippen LogP contribution in [0.1, 0.15) is 11.1 Å². The molecule has 0 radical (unpaired) electrons. The van der Waals surface area contributed by atoms with Gasteiger partial charge in [-0.2, -0.15) is 0 Å². The highest BCUT2D eigenvalue weighted by Crippen LogP contribution is 2.29. The molecule has 1 rings (SSSR count). The minimum atomic E-state index is -0.0936. The largest absolute Gasteiger partial charge is 0.496 e. The van der Waals surface area contributed by atoms with Gasteiger partial charge in [0.05, 0.1) is 13.7 Å². The Bertz CT molecular complexity index is 255. The van der Waals surface area contributed by atoms with Crippen molar-refractivity contribution in [2.45, 2.75) is 13.5 Å². The van der Waals surface area contributed by atoms with Crippen molar-refractivity contribution in [3.8, 4) is 5.75 Å². The molecule has 0 aliphatic heterocycles. The predicted molar refractivity (Wildman–Crippen MR) is 48.7 cm³/mol. The molecular formula is C9H11ClO2. The van der Waals surface area contributed by atoms with Gasteiger partial charge in [-0.15, -0.1) is 0 Å². The minimum absolute atomic E-state index is 0.0936. The number of aliphatic hydroxyl groups is 1. The molecule has 12 heavy (non-hydrogen) atoms. The first kappa shape index (κ1) is 9.36. The Balaban J connectivity index is 3.28. The Morgan fingerprint density at radius 2 is 2.17 bits per heavy atom. The van der Waals surface area contributed by atoms with Crippen molar-refractivity contribution in [1.29, 1.82) is 0 Å². The fraction of sp³-hybridized carbons (Fsp3) is 0.333. The molecule has 3 heteroatoms. The number of benzene rings is 1. The van der Waals surface area contributed by atoms with Gasteiger partial charge >= 0.3 is 0 Å². The lowest BCUT2D eigenvalue weighted by Gasteiger charge is -2.10. The Morgan fingerprint density at radius 3 is 2.58 bits per heavy atom. The fourth-order valence-electron chi connectivity index (χ4n) is 1.15. The molecule has 0 fully saturated rings. The van der Waals surface area contributed by atoms with E-state index in [1.165, 1.54) is 0 Å². The Labute approximate surface area is 76.7 Å². The SMILES string of the molecule is COc1c(C)ccc(Cl)c1CO. The van der Waals surface area contributed by atoms with Crippen molar-refractivity contribution < 1.29 is 9.84 Å². The summed E-state index contributed by atoms with van der Waals surface area (Å²) < 4.78 is 5.10. The average Bonchev–Trinajstić information content (AvgIpc) is 2.08. The first-order valence-electron chi connectivity index (χ1n) is 3.63. The summed E-state index contributed by atoms with van der Waals surface area (Å²) in [6.45, 7) is 1.82. The number of methoxy groups -OCH3 is 1. The van der Waals surface area contributed by atoms with E-state index < -0.39 is 0 Å². The van der Waals surface area contributed by atoms with Gasteiger partial charge in [0.1, 0.15) is 5.75 Å². The van der Waals surface area contributed by atoms with Gasteiger partial charge < -0.3 is 9.84 Å². The summed E-state index contributed by atoms with van der Waals surface area (Å²) in [6.07, 6.45) is 0. The van der Waals surface area contributed by atoms with Crippen LogP contribution in [0.25, 0.3) is 0 Å². The van der Waals surface area contributed by atoms with Crippen molar-refractivity contribution in [1.82, 2.24) is 0 Å². The molecule has 0 saturated heterocycles. The van der Waals surface area contributed by atoms with Gasteiger partial charge in [0.15, 0.2) is 0 Å². The molecule has 1 aromatic rings. The van der Waals surface area contributed by atoms with Crippen molar-refractivity contribution in [2.24, 2.45) is 0 Å². The number of ether oxygens (including phenoxy) is 1. The number of aryl methyl sites for hydroxylation is 1. The van der Waals surface area contributed by atoms with E-state index in [-0.39, 0.29) is 6.61 Å². The van der Waals surface area contributed by atoms with Gasteiger partial charge in [-0.3, -0.25) is 0 Å². The molecule has 2 nitrogen and oxygen atoms in total. The van der Waals surface area contributed by atoms with E-state index >= 15 is 0 Å². The van der Waals surface area contributed by atoms with E-state index in [0.717, 1.165) is 5.56 Å². The molecule has 0 unspecified atom stereocenters. The molecule has 0 bridgehead atoms. The second kappa shape index (κ2) is 3.78. The minimum Gasteiger partial charge on any atom is -0.496 e. The Morgan fingerprint density at radius 1 is 1.50 bits per heavy atom. The van der Waals surface area contributed by atoms with E-state index in [1.54, 1.807) is 13.2 Å². The van der Waals surface area contributed by atoms with Gasteiger partial charge in [-0.25, -0.2) is 0 Å². The standard InChI is InChI=1S/C9H11ClO2/c1-6-3-4-8(10)7(5-11)9(6)12-2/h3-4,11H,5H2,1-2H3. The van der Waals surface area contributed by atoms with Crippen LogP contribution in [0.5, 0.6) is 5.75 Å². The van der Waals surface area contributed by atoms with Crippen LogP contribution in [0.2, 0.25) is 5.02 Å². The fourth-order valence-corrected chi connectivity index (χ4v) is 1.36. The van der Waals surface area contributed by atoms with E-state index in [1.807, 2.05) is 13.0 Å². The average molecular weight is 187 g/mol. The van der Waals surface area contributed by atoms with Gasteiger partial charge in [0.2, 0.25) is 0 Å². The molecule has 0 heterocycles. The van der Waals surface area contributed by atoms with Crippen molar-refractivity contribution in [3.63, 3.8) is 0 Å². The maximum Gasteiger partial charge on any atom is 0.128 e. The lowest BCUT2D eigenvalue weighted by Crippen LogP contribution is -1.95. The van der Waals surface area contributed by atoms with E-state index in [9.17, 15) is 0 Å². The predicted octanol–water partition coefficient (Wildman–Crippen LogP) is 2.15. The normalized spacial score (nSPS) is 10.0. The molecule has 1 N–H and O–H groups in total. The third-order valence-corrected chi connectivity index (χ3v) is 2.12. The number of rotatable bonds is 2. The molecule has 0 saturated carbocycles. The summed E-state index contributed by atoms with van der Waals surface area (Å²) in [4.78, 5) is 0. The van der Waals surface area contributed by atoms with Gasteiger partial charge in [0, 0.05) is 10.6 Å². The Kier molecular flexibility index (Phi) is 2.95. The summed E-state index contributed by atoms with van der Waals surface area (Å²) in [5.41, 5.74) is 1.63. The number of halogens is 1. The van der Waals surface area contributed by atoms with Crippen LogP contribution in [0.4, 0.5) is 0 Å². The van der Waals surface area contributed by atoms with E-state index in [4.69, 9.17) is 21.4 Å². The summed E-state index contributed by atoms with van der Waals surface area (Å²) in [7, 11) is 1.57. The van der Waals surface area contributed by atoms with Crippen LogP contribution in [0.3, 0.4) is 0 Å². The molecule has 0 aliphatic carbocycles. The summed E-state index contributed by atoms with van der Waals surface area (Å²) in [5.74, 6) is 0.671. The molecule has 0 spiro atoms. The first-order valence-corrected chi connectivity index (χ1v) is 4.01. The second-order valence-corrected chi connectivity index (χ2v) is 2.94. The maximum absolute atomic E-state index is 8.99. The zero-order chi connectivity index (χ0) is 9.14. The summed E-state index contributed by atoms with van der Waals surface area (Å²) >= 11 is 5.84. The molecule has 0 aliphatic rings. The first-order chi connectivity index (χ1) is 5.70. The smallest absolute Gasteiger partial charge is 0.128 e. The van der Waals surface area contributed by atoms with Crippen LogP contribution in [0, 0.1) is 6.92 Å². The zero-order valence-corrected chi connectivity index (χ0v) is 7.85. The summed E-state index contributed by atoms with van der Waals surface area (Å²) in [5, 5.41) is 9.53. The van der Waals surface area contributed by atoms with Gasteiger partial charge in [-0.1, -0.05) is 17.7 Å². The summed E-state index contributed by atoms with van der Waals surface area (Å²) in [6, 6.07) is 3.62. The highest BCUT2D eigenvalue weighted by atomic mass is 35.5. The van der Waals surface area contributed by atoms with Crippen molar-refractivity contribution in [2.75, 3.05) is 7.11 Å². The van der Waals surface area contributed by atoms with E-state index in [0.29, 0.717) is 16.3 Å². The second-order valence-electron chi connectivity index (χ2n) is 2.53. The topological polar surface area (TPSA) is 29.5 Å². The molecule has 0 atom stereocenters. The number of hydrogen-bond donors (Lipinski definition) is 1. The van der Waals surface area contributed by atoms with Gasteiger partial charge in [0.25, 0.3) is 0 Å². The zero-order valence-electron chi connectivity index (χ0n) is 7.10. The quantitative estimate of drug-likeness (QED) is 0.767.